The van der Waals surface area contributed by atoms with Crippen LogP contribution >= 0.6 is 11.6 Å². The Bertz CT molecular complexity index is 584. The Balaban J connectivity index is 2.80. The largest absolute Gasteiger partial charge is 0.478 e. The molecule has 3 N–H and O–H groups in total. The van der Waals surface area contributed by atoms with Crippen LogP contribution in [0.15, 0.2) is 30.4 Å². The van der Waals surface area contributed by atoms with Crippen molar-refractivity contribution in [3.8, 4) is 0 Å². The summed E-state index contributed by atoms with van der Waals surface area (Å²) in [6.07, 6.45) is 2.71. The number of carbonyl (C=O) groups excluding carboxylic acids is 2. The average Bonchev–Trinajstić information content (AvgIpc) is 2.40. The molecule has 21 heavy (non-hydrogen) atoms. The summed E-state index contributed by atoms with van der Waals surface area (Å²) in [4.78, 5) is 33.3. The summed E-state index contributed by atoms with van der Waals surface area (Å²) >= 11 is 5.93. The highest BCUT2D eigenvalue weighted by atomic mass is 35.5. The van der Waals surface area contributed by atoms with E-state index in [9.17, 15) is 14.4 Å². The molecule has 1 rings (SSSR count). The molecule has 7 heteroatoms. The van der Waals surface area contributed by atoms with Gasteiger partial charge in [-0.25, -0.2) is 4.79 Å². The molecule has 0 aliphatic rings. The molecule has 6 nitrogen and oxygen atoms in total. The normalized spacial score (nSPS) is 10.4. The minimum absolute atomic E-state index is 0.136. The standard InChI is InChI=1S/C14H15ClN2O4/c1-2-3-12(18)16-9-4-5-10(15)11(8-9)17-13(19)6-7-14(20)21/h4-8H,2-3H2,1H3,(H,16,18)(H,17,19)(H,20,21)/b7-6+. The predicted octanol–water partition coefficient (Wildman–Crippen LogP) is 2.66. The summed E-state index contributed by atoms with van der Waals surface area (Å²) in [5, 5.41) is 13.8. The van der Waals surface area contributed by atoms with E-state index in [1.54, 1.807) is 6.07 Å². The number of rotatable bonds is 6. The van der Waals surface area contributed by atoms with E-state index in [4.69, 9.17) is 16.7 Å². The van der Waals surface area contributed by atoms with Gasteiger partial charge in [0, 0.05) is 24.3 Å². The number of hydrogen-bond acceptors (Lipinski definition) is 3. The highest BCUT2D eigenvalue weighted by molar-refractivity contribution is 6.34. The van der Waals surface area contributed by atoms with Gasteiger partial charge < -0.3 is 15.7 Å². The number of amides is 2. The fourth-order valence-electron chi connectivity index (χ4n) is 1.47. The smallest absolute Gasteiger partial charge is 0.328 e. The van der Waals surface area contributed by atoms with Gasteiger partial charge in [0.1, 0.15) is 0 Å². The quantitative estimate of drug-likeness (QED) is 0.704. The van der Waals surface area contributed by atoms with Gasteiger partial charge in [0.25, 0.3) is 0 Å². The molecule has 1 aromatic rings. The second kappa shape index (κ2) is 8.06. The van der Waals surface area contributed by atoms with Crippen molar-refractivity contribution in [3.05, 3.63) is 35.4 Å². The Morgan fingerprint density at radius 1 is 1.24 bits per heavy atom. The number of halogens is 1. The van der Waals surface area contributed by atoms with E-state index in [1.165, 1.54) is 12.1 Å². The summed E-state index contributed by atoms with van der Waals surface area (Å²) in [6, 6.07) is 4.64. The lowest BCUT2D eigenvalue weighted by Crippen LogP contribution is -2.12. The van der Waals surface area contributed by atoms with E-state index in [0.717, 1.165) is 18.6 Å². The van der Waals surface area contributed by atoms with Gasteiger partial charge in [0.05, 0.1) is 10.7 Å². The van der Waals surface area contributed by atoms with Gasteiger partial charge in [-0.05, 0) is 24.6 Å². The van der Waals surface area contributed by atoms with Gasteiger partial charge in [-0.1, -0.05) is 18.5 Å². The van der Waals surface area contributed by atoms with Crippen molar-refractivity contribution < 1.29 is 19.5 Å². The first-order valence-corrected chi connectivity index (χ1v) is 6.61. The minimum Gasteiger partial charge on any atom is -0.478 e. The zero-order valence-electron chi connectivity index (χ0n) is 11.4. The van der Waals surface area contributed by atoms with E-state index < -0.39 is 11.9 Å². The van der Waals surface area contributed by atoms with E-state index in [1.807, 2.05) is 6.92 Å². The van der Waals surface area contributed by atoms with Crippen molar-refractivity contribution in [1.29, 1.82) is 0 Å². The van der Waals surface area contributed by atoms with Crippen molar-refractivity contribution >= 4 is 40.8 Å². The maximum Gasteiger partial charge on any atom is 0.328 e. The number of anilines is 2. The zero-order valence-corrected chi connectivity index (χ0v) is 12.1. The molecule has 0 saturated carbocycles. The summed E-state index contributed by atoms with van der Waals surface area (Å²) in [5.74, 6) is -1.99. The van der Waals surface area contributed by atoms with Crippen LogP contribution < -0.4 is 10.6 Å². The molecule has 1 aromatic carbocycles. The SMILES string of the molecule is CCCC(=O)Nc1ccc(Cl)c(NC(=O)/C=C/C(=O)O)c1. The lowest BCUT2D eigenvalue weighted by molar-refractivity contribution is -0.131. The number of carboxylic acids is 1. The van der Waals surface area contributed by atoms with E-state index >= 15 is 0 Å². The lowest BCUT2D eigenvalue weighted by Gasteiger charge is -2.09. The molecule has 0 atom stereocenters. The molecule has 0 aliphatic heterocycles. The molecule has 0 fully saturated rings. The number of benzene rings is 1. The predicted molar refractivity (Wildman–Crippen MR) is 80.4 cm³/mol. The second-order valence-electron chi connectivity index (χ2n) is 4.15. The van der Waals surface area contributed by atoms with Crippen LogP contribution in [0, 0.1) is 0 Å². The van der Waals surface area contributed by atoms with E-state index in [0.29, 0.717) is 12.1 Å². The maximum absolute atomic E-state index is 11.5. The molecule has 0 radical (unpaired) electrons. The fourth-order valence-corrected chi connectivity index (χ4v) is 1.64. The summed E-state index contributed by atoms with van der Waals surface area (Å²) in [7, 11) is 0. The van der Waals surface area contributed by atoms with Gasteiger partial charge in [-0.2, -0.15) is 0 Å². The van der Waals surface area contributed by atoms with Crippen LogP contribution in [0.1, 0.15) is 19.8 Å². The Hall–Kier alpha value is -2.34. The van der Waals surface area contributed by atoms with Crippen LogP contribution in [0.5, 0.6) is 0 Å². The van der Waals surface area contributed by atoms with Crippen LogP contribution in [0.2, 0.25) is 5.02 Å². The first kappa shape index (κ1) is 16.7. The molecule has 0 saturated heterocycles. The molecule has 0 bridgehead atoms. The van der Waals surface area contributed by atoms with Crippen LogP contribution in [-0.2, 0) is 14.4 Å². The number of hydrogen-bond donors (Lipinski definition) is 3. The molecule has 0 aliphatic carbocycles. The molecular formula is C14H15ClN2O4. The Morgan fingerprint density at radius 2 is 1.95 bits per heavy atom. The molecular weight excluding hydrogens is 296 g/mol. The number of nitrogens with one attached hydrogen (secondary N) is 2. The molecule has 0 spiro atoms. The van der Waals surface area contributed by atoms with E-state index in [-0.39, 0.29) is 16.6 Å². The van der Waals surface area contributed by atoms with Crippen molar-refractivity contribution in [2.24, 2.45) is 0 Å². The Kier molecular flexibility index (Phi) is 6.42. The van der Waals surface area contributed by atoms with E-state index in [2.05, 4.69) is 10.6 Å². The second-order valence-corrected chi connectivity index (χ2v) is 4.56. The van der Waals surface area contributed by atoms with Gasteiger partial charge in [0.2, 0.25) is 11.8 Å². The van der Waals surface area contributed by atoms with Crippen molar-refractivity contribution in [3.63, 3.8) is 0 Å². The topological polar surface area (TPSA) is 95.5 Å². The van der Waals surface area contributed by atoms with Gasteiger partial charge in [-0.3, -0.25) is 9.59 Å². The highest BCUT2D eigenvalue weighted by Gasteiger charge is 2.07. The molecule has 0 unspecified atom stereocenters. The average molecular weight is 311 g/mol. The number of aliphatic carboxylic acids is 1. The summed E-state index contributed by atoms with van der Waals surface area (Å²) < 4.78 is 0. The van der Waals surface area contributed by atoms with Crippen LogP contribution in [0.3, 0.4) is 0 Å². The van der Waals surface area contributed by atoms with Crippen LogP contribution in [-0.4, -0.2) is 22.9 Å². The fraction of sp³-hybridized carbons (Fsp3) is 0.214. The van der Waals surface area contributed by atoms with Gasteiger partial charge >= 0.3 is 5.97 Å². The van der Waals surface area contributed by atoms with Crippen molar-refractivity contribution in [2.45, 2.75) is 19.8 Å². The third kappa shape index (κ3) is 6.09. The molecule has 112 valence electrons. The van der Waals surface area contributed by atoms with Crippen LogP contribution in [0.25, 0.3) is 0 Å². The molecule has 2 amide bonds. The third-order valence-corrected chi connectivity index (χ3v) is 2.69. The number of carboxylic acid groups (broad SMARTS) is 1. The molecule has 0 aromatic heterocycles. The zero-order chi connectivity index (χ0) is 15.8. The summed E-state index contributed by atoms with van der Waals surface area (Å²) in [5.41, 5.74) is 0.779. The first-order valence-electron chi connectivity index (χ1n) is 6.23. The van der Waals surface area contributed by atoms with Gasteiger partial charge in [0.15, 0.2) is 0 Å². The number of carbonyl (C=O) groups is 3. The highest BCUT2D eigenvalue weighted by Crippen LogP contribution is 2.25. The minimum atomic E-state index is -1.23. The van der Waals surface area contributed by atoms with Gasteiger partial charge in [-0.15, -0.1) is 0 Å². The maximum atomic E-state index is 11.5. The third-order valence-electron chi connectivity index (χ3n) is 2.36. The Labute approximate surface area is 126 Å². The monoisotopic (exact) mass is 310 g/mol. The first-order chi connectivity index (χ1) is 9.92. The van der Waals surface area contributed by atoms with Crippen molar-refractivity contribution in [2.75, 3.05) is 10.6 Å². The molecule has 0 heterocycles. The summed E-state index contributed by atoms with van der Waals surface area (Å²) in [6.45, 7) is 1.89. The lowest BCUT2D eigenvalue weighted by atomic mass is 10.2. The van der Waals surface area contributed by atoms with Crippen molar-refractivity contribution in [1.82, 2.24) is 0 Å². The Morgan fingerprint density at radius 3 is 2.57 bits per heavy atom. The van der Waals surface area contributed by atoms with Crippen LogP contribution in [0.4, 0.5) is 11.4 Å².